The van der Waals surface area contributed by atoms with Gasteiger partial charge in [0.05, 0.1) is 63.9 Å². The van der Waals surface area contributed by atoms with Gasteiger partial charge in [0.1, 0.15) is 0 Å². The van der Waals surface area contributed by atoms with Crippen LogP contribution in [-0.4, -0.2) is 76.1 Å². The number of hydrogen-bond acceptors (Lipinski definition) is 6. The van der Waals surface area contributed by atoms with Crippen LogP contribution in [0.1, 0.15) is 91.8 Å². The van der Waals surface area contributed by atoms with Crippen molar-refractivity contribution < 1.29 is 28.5 Å². The van der Waals surface area contributed by atoms with E-state index in [1.807, 2.05) is 0 Å². The predicted molar refractivity (Wildman–Crippen MR) is 137 cm³/mol. The minimum Gasteiger partial charge on any atom is -0.379 e. The van der Waals surface area contributed by atoms with E-state index >= 15 is 0 Å². The fourth-order valence-electron chi connectivity index (χ4n) is 4.05. The SMILES string of the molecule is CCCCCCCCCCCCOCCOCCOCCOCCN1C(=O)c2ccccc2C1=O. The van der Waals surface area contributed by atoms with Gasteiger partial charge < -0.3 is 18.9 Å². The lowest BCUT2D eigenvalue weighted by Gasteiger charge is -2.13. The number of rotatable bonds is 23. The first-order valence-electron chi connectivity index (χ1n) is 13.5. The summed E-state index contributed by atoms with van der Waals surface area (Å²) in [5.74, 6) is -0.509. The second-order valence-electron chi connectivity index (χ2n) is 8.94. The lowest BCUT2D eigenvalue weighted by molar-refractivity contribution is -0.00353. The van der Waals surface area contributed by atoms with E-state index in [4.69, 9.17) is 18.9 Å². The monoisotopic (exact) mass is 491 g/mol. The van der Waals surface area contributed by atoms with Gasteiger partial charge in [0, 0.05) is 6.61 Å². The molecule has 0 unspecified atom stereocenters. The molecule has 1 aliphatic heterocycles. The van der Waals surface area contributed by atoms with Gasteiger partial charge in [-0.3, -0.25) is 14.5 Å². The molecule has 0 saturated heterocycles. The summed E-state index contributed by atoms with van der Waals surface area (Å²) in [5, 5.41) is 0. The number of hydrogen-bond donors (Lipinski definition) is 0. The zero-order valence-electron chi connectivity index (χ0n) is 21.6. The third kappa shape index (κ3) is 12.1. The van der Waals surface area contributed by atoms with Crippen molar-refractivity contribution in [3.05, 3.63) is 35.4 Å². The van der Waals surface area contributed by atoms with Gasteiger partial charge in [0.25, 0.3) is 11.8 Å². The first-order valence-corrected chi connectivity index (χ1v) is 13.5. The topological polar surface area (TPSA) is 74.3 Å². The quantitative estimate of drug-likeness (QED) is 0.153. The highest BCUT2D eigenvalue weighted by Gasteiger charge is 2.34. The maximum Gasteiger partial charge on any atom is 0.261 e. The average Bonchev–Trinajstić information content (AvgIpc) is 3.12. The smallest absolute Gasteiger partial charge is 0.261 e. The standard InChI is InChI=1S/C28H45NO6/c1-2-3-4-5-6-7-8-9-10-13-17-32-19-21-34-23-24-35-22-20-33-18-16-29-27(30)25-14-11-12-15-26(25)28(29)31/h11-12,14-15H,2-10,13,16-24H2,1H3. The molecular weight excluding hydrogens is 446 g/mol. The van der Waals surface area contributed by atoms with Crippen LogP contribution in [0.4, 0.5) is 0 Å². The largest absolute Gasteiger partial charge is 0.379 e. The molecule has 2 amide bonds. The molecule has 0 aliphatic carbocycles. The Morgan fingerprint density at radius 1 is 0.543 bits per heavy atom. The highest BCUT2D eigenvalue weighted by Crippen LogP contribution is 2.21. The van der Waals surface area contributed by atoms with Crippen molar-refractivity contribution >= 4 is 11.8 Å². The third-order valence-electron chi connectivity index (χ3n) is 6.10. The van der Waals surface area contributed by atoms with Crippen LogP contribution in [0.5, 0.6) is 0 Å². The Morgan fingerprint density at radius 3 is 1.43 bits per heavy atom. The number of nitrogens with zero attached hydrogens (tertiary/aromatic N) is 1. The molecule has 1 aromatic carbocycles. The summed E-state index contributed by atoms with van der Waals surface area (Å²) in [6.45, 7) is 6.70. The lowest BCUT2D eigenvalue weighted by Crippen LogP contribution is -2.33. The summed E-state index contributed by atoms with van der Waals surface area (Å²) in [6.07, 6.45) is 13.3. The van der Waals surface area contributed by atoms with E-state index < -0.39 is 0 Å². The van der Waals surface area contributed by atoms with Crippen LogP contribution in [0.15, 0.2) is 24.3 Å². The van der Waals surface area contributed by atoms with Gasteiger partial charge in [-0.1, -0.05) is 76.8 Å². The van der Waals surface area contributed by atoms with Gasteiger partial charge in [0.2, 0.25) is 0 Å². The summed E-state index contributed by atoms with van der Waals surface area (Å²) in [7, 11) is 0. The maximum atomic E-state index is 12.3. The maximum absolute atomic E-state index is 12.3. The molecule has 0 radical (unpaired) electrons. The summed E-state index contributed by atoms with van der Waals surface area (Å²) in [5.41, 5.74) is 0.926. The number of imide groups is 1. The molecule has 1 aromatic rings. The Balaban J connectivity index is 1.27. The highest BCUT2D eigenvalue weighted by molar-refractivity contribution is 6.21. The Bertz CT molecular complexity index is 675. The Hall–Kier alpha value is -1.80. The fraction of sp³-hybridized carbons (Fsp3) is 0.714. The van der Waals surface area contributed by atoms with Gasteiger partial charge in [-0.2, -0.15) is 0 Å². The molecule has 7 heteroatoms. The van der Waals surface area contributed by atoms with Crippen LogP contribution in [-0.2, 0) is 18.9 Å². The molecule has 1 aliphatic rings. The van der Waals surface area contributed by atoms with E-state index in [9.17, 15) is 9.59 Å². The van der Waals surface area contributed by atoms with E-state index in [1.165, 1.54) is 62.7 Å². The Morgan fingerprint density at radius 2 is 0.943 bits per heavy atom. The van der Waals surface area contributed by atoms with E-state index in [2.05, 4.69) is 6.92 Å². The summed E-state index contributed by atoms with van der Waals surface area (Å²) >= 11 is 0. The molecule has 1 heterocycles. The zero-order chi connectivity index (χ0) is 25.0. The molecule has 0 atom stereocenters. The third-order valence-corrected chi connectivity index (χ3v) is 6.10. The normalized spacial score (nSPS) is 13.1. The Kier molecular flexibility index (Phi) is 16.3. The molecule has 0 spiro atoms. The van der Waals surface area contributed by atoms with Crippen LogP contribution in [0.2, 0.25) is 0 Å². The zero-order valence-corrected chi connectivity index (χ0v) is 21.6. The second-order valence-corrected chi connectivity index (χ2v) is 8.94. The molecule has 0 aromatic heterocycles. The van der Waals surface area contributed by atoms with Crippen molar-refractivity contribution in [3.63, 3.8) is 0 Å². The van der Waals surface area contributed by atoms with Gasteiger partial charge in [-0.05, 0) is 18.6 Å². The van der Waals surface area contributed by atoms with Gasteiger partial charge in [0.15, 0.2) is 0 Å². The van der Waals surface area contributed by atoms with Crippen LogP contribution < -0.4 is 0 Å². The second kappa shape index (κ2) is 19.4. The van der Waals surface area contributed by atoms with Crippen molar-refractivity contribution in [3.8, 4) is 0 Å². The summed E-state index contributed by atoms with van der Waals surface area (Å²) in [4.78, 5) is 25.7. The van der Waals surface area contributed by atoms with Crippen LogP contribution in [0, 0.1) is 0 Å². The number of benzene rings is 1. The highest BCUT2D eigenvalue weighted by atomic mass is 16.6. The molecule has 0 bridgehead atoms. The molecule has 7 nitrogen and oxygen atoms in total. The minimum atomic E-state index is -0.255. The van der Waals surface area contributed by atoms with Crippen molar-refractivity contribution in [1.29, 1.82) is 0 Å². The van der Waals surface area contributed by atoms with E-state index in [1.54, 1.807) is 24.3 Å². The number of amides is 2. The number of unbranched alkanes of at least 4 members (excludes halogenated alkanes) is 9. The first kappa shape index (κ1) is 29.4. The van der Waals surface area contributed by atoms with Crippen LogP contribution >= 0.6 is 0 Å². The van der Waals surface area contributed by atoms with Crippen LogP contribution in [0.25, 0.3) is 0 Å². The lowest BCUT2D eigenvalue weighted by atomic mass is 10.1. The number of ether oxygens (including phenoxy) is 4. The number of fused-ring (bicyclic) bond motifs is 1. The molecule has 0 fully saturated rings. The van der Waals surface area contributed by atoms with E-state index in [-0.39, 0.29) is 18.4 Å². The predicted octanol–water partition coefficient (Wildman–Crippen LogP) is 5.27. The van der Waals surface area contributed by atoms with Gasteiger partial charge in [-0.15, -0.1) is 0 Å². The molecule has 0 saturated carbocycles. The van der Waals surface area contributed by atoms with Gasteiger partial charge >= 0.3 is 0 Å². The molecule has 2 rings (SSSR count). The van der Waals surface area contributed by atoms with Crippen molar-refractivity contribution in [2.45, 2.75) is 71.1 Å². The van der Waals surface area contributed by atoms with Gasteiger partial charge in [-0.25, -0.2) is 0 Å². The summed E-state index contributed by atoms with van der Waals surface area (Å²) < 4.78 is 22.1. The molecule has 0 N–H and O–H groups in total. The Labute approximate surface area is 211 Å². The van der Waals surface area contributed by atoms with Crippen molar-refractivity contribution in [2.24, 2.45) is 0 Å². The molecular formula is C28H45NO6. The number of carbonyl (C=O) groups is 2. The summed E-state index contributed by atoms with van der Waals surface area (Å²) in [6, 6.07) is 6.88. The average molecular weight is 492 g/mol. The van der Waals surface area contributed by atoms with Crippen molar-refractivity contribution in [1.82, 2.24) is 4.90 Å². The fourth-order valence-corrected chi connectivity index (χ4v) is 4.05. The molecule has 198 valence electrons. The molecule has 35 heavy (non-hydrogen) atoms. The minimum absolute atomic E-state index is 0.245. The van der Waals surface area contributed by atoms with Crippen molar-refractivity contribution in [2.75, 3.05) is 59.4 Å². The van der Waals surface area contributed by atoms with E-state index in [0.717, 1.165) is 13.0 Å². The van der Waals surface area contributed by atoms with E-state index in [0.29, 0.717) is 57.4 Å². The number of carbonyl (C=O) groups excluding carboxylic acids is 2. The first-order chi connectivity index (χ1) is 17.3. The van der Waals surface area contributed by atoms with Crippen LogP contribution in [0.3, 0.4) is 0 Å².